The molecule has 1 amide bonds. The molecule has 0 aliphatic carbocycles. The number of likely N-dealkylation sites (tertiary alicyclic amines) is 1. The SMILES string of the molecule is O=C(O)COC1CCN(C(=O)[C@@H]2CCCNC2)CC1. The van der Waals surface area contributed by atoms with Crippen molar-refractivity contribution in [3.63, 3.8) is 0 Å². The molecule has 6 nitrogen and oxygen atoms in total. The fraction of sp³-hybridized carbons (Fsp3) is 0.846. The molecule has 0 saturated carbocycles. The van der Waals surface area contributed by atoms with E-state index < -0.39 is 5.97 Å². The topological polar surface area (TPSA) is 78.9 Å². The van der Waals surface area contributed by atoms with E-state index in [9.17, 15) is 9.59 Å². The molecule has 0 radical (unpaired) electrons. The molecule has 2 saturated heterocycles. The number of hydrogen-bond acceptors (Lipinski definition) is 4. The van der Waals surface area contributed by atoms with Gasteiger partial charge >= 0.3 is 5.97 Å². The summed E-state index contributed by atoms with van der Waals surface area (Å²) in [5, 5.41) is 11.8. The summed E-state index contributed by atoms with van der Waals surface area (Å²) < 4.78 is 5.27. The van der Waals surface area contributed by atoms with Crippen molar-refractivity contribution < 1.29 is 19.4 Å². The highest BCUT2D eigenvalue weighted by molar-refractivity contribution is 5.79. The van der Waals surface area contributed by atoms with E-state index in [2.05, 4.69) is 5.32 Å². The Balaban J connectivity index is 1.72. The van der Waals surface area contributed by atoms with Crippen molar-refractivity contribution in [2.45, 2.75) is 31.8 Å². The highest BCUT2D eigenvalue weighted by atomic mass is 16.5. The summed E-state index contributed by atoms with van der Waals surface area (Å²) in [5.41, 5.74) is 0. The Labute approximate surface area is 113 Å². The standard InChI is InChI=1S/C13H22N2O4/c16-12(17)9-19-11-3-6-15(7-4-11)13(18)10-2-1-5-14-8-10/h10-11,14H,1-9H2,(H,16,17)/t10-/m1/s1. The number of ether oxygens (including phenoxy) is 1. The molecule has 19 heavy (non-hydrogen) atoms. The van der Waals surface area contributed by atoms with Gasteiger partial charge in [-0.25, -0.2) is 4.79 Å². The molecule has 108 valence electrons. The van der Waals surface area contributed by atoms with Gasteiger partial charge in [-0.1, -0.05) is 0 Å². The van der Waals surface area contributed by atoms with E-state index in [4.69, 9.17) is 9.84 Å². The van der Waals surface area contributed by atoms with Gasteiger partial charge in [0.15, 0.2) is 0 Å². The summed E-state index contributed by atoms with van der Waals surface area (Å²) >= 11 is 0. The second-order valence-electron chi connectivity index (χ2n) is 5.27. The summed E-state index contributed by atoms with van der Waals surface area (Å²) in [5.74, 6) is -0.582. The zero-order valence-corrected chi connectivity index (χ0v) is 11.1. The number of amides is 1. The minimum absolute atomic E-state index is 0.0235. The van der Waals surface area contributed by atoms with Crippen molar-refractivity contribution >= 4 is 11.9 Å². The fourth-order valence-electron chi connectivity index (χ4n) is 2.75. The molecule has 2 N–H and O–H groups in total. The zero-order valence-electron chi connectivity index (χ0n) is 11.1. The van der Waals surface area contributed by atoms with E-state index in [0.717, 1.165) is 38.8 Å². The van der Waals surface area contributed by atoms with Gasteiger partial charge in [-0.15, -0.1) is 0 Å². The first-order valence-corrected chi connectivity index (χ1v) is 6.99. The molecule has 0 spiro atoms. The number of carbonyl (C=O) groups excluding carboxylic acids is 1. The van der Waals surface area contributed by atoms with Crippen molar-refractivity contribution in [1.82, 2.24) is 10.2 Å². The normalized spacial score (nSPS) is 25.3. The van der Waals surface area contributed by atoms with Crippen LogP contribution in [-0.4, -0.2) is 60.8 Å². The molecule has 2 rings (SSSR count). The lowest BCUT2D eigenvalue weighted by molar-refractivity contribution is -0.147. The average Bonchev–Trinajstić information content (AvgIpc) is 2.46. The maximum absolute atomic E-state index is 12.3. The average molecular weight is 270 g/mol. The molecule has 2 aliphatic rings. The van der Waals surface area contributed by atoms with Gasteiger partial charge in [-0.2, -0.15) is 0 Å². The molecule has 0 bridgehead atoms. The van der Waals surface area contributed by atoms with Crippen LogP contribution >= 0.6 is 0 Å². The lowest BCUT2D eigenvalue weighted by Gasteiger charge is -2.35. The number of aliphatic carboxylic acids is 1. The highest BCUT2D eigenvalue weighted by Crippen LogP contribution is 2.19. The van der Waals surface area contributed by atoms with E-state index in [-0.39, 0.29) is 24.5 Å². The van der Waals surface area contributed by atoms with E-state index in [1.165, 1.54) is 0 Å². The van der Waals surface area contributed by atoms with Gasteiger partial charge in [-0.3, -0.25) is 4.79 Å². The van der Waals surface area contributed by atoms with Crippen LogP contribution < -0.4 is 5.32 Å². The second kappa shape index (κ2) is 6.86. The number of hydrogen-bond donors (Lipinski definition) is 2. The molecule has 6 heteroatoms. The molecule has 2 aliphatic heterocycles. The predicted molar refractivity (Wildman–Crippen MR) is 68.8 cm³/mol. The zero-order chi connectivity index (χ0) is 13.7. The van der Waals surface area contributed by atoms with Crippen LogP contribution in [-0.2, 0) is 14.3 Å². The minimum Gasteiger partial charge on any atom is -0.480 e. The third kappa shape index (κ3) is 4.18. The smallest absolute Gasteiger partial charge is 0.329 e. The van der Waals surface area contributed by atoms with E-state index >= 15 is 0 Å². The minimum atomic E-state index is -0.938. The molecule has 1 atom stereocenters. The number of nitrogens with one attached hydrogen (secondary N) is 1. The Kier molecular flexibility index (Phi) is 5.15. The maximum Gasteiger partial charge on any atom is 0.329 e. The van der Waals surface area contributed by atoms with Gasteiger partial charge in [0.2, 0.25) is 5.91 Å². The Morgan fingerprint density at radius 3 is 2.58 bits per heavy atom. The van der Waals surface area contributed by atoms with E-state index in [1.807, 2.05) is 4.90 Å². The van der Waals surface area contributed by atoms with Crippen molar-refractivity contribution in [2.24, 2.45) is 5.92 Å². The van der Waals surface area contributed by atoms with Crippen LogP contribution in [0.4, 0.5) is 0 Å². The number of carboxylic acids is 1. The molecule has 0 aromatic heterocycles. The number of carbonyl (C=O) groups is 2. The van der Waals surface area contributed by atoms with Crippen molar-refractivity contribution in [1.29, 1.82) is 0 Å². The summed E-state index contributed by atoms with van der Waals surface area (Å²) in [6.45, 7) is 2.91. The van der Waals surface area contributed by atoms with Crippen molar-refractivity contribution in [3.05, 3.63) is 0 Å². The number of rotatable bonds is 4. The van der Waals surface area contributed by atoms with Crippen LogP contribution in [0.15, 0.2) is 0 Å². The summed E-state index contributed by atoms with van der Waals surface area (Å²) in [4.78, 5) is 24.6. The van der Waals surface area contributed by atoms with Gasteiger partial charge < -0.3 is 20.1 Å². The van der Waals surface area contributed by atoms with Crippen molar-refractivity contribution in [3.8, 4) is 0 Å². The molecular weight excluding hydrogens is 248 g/mol. The monoisotopic (exact) mass is 270 g/mol. The van der Waals surface area contributed by atoms with E-state index in [1.54, 1.807) is 0 Å². The Hall–Kier alpha value is -1.14. The highest BCUT2D eigenvalue weighted by Gasteiger charge is 2.29. The van der Waals surface area contributed by atoms with Gasteiger partial charge in [0.05, 0.1) is 12.0 Å². The Morgan fingerprint density at radius 1 is 1.26 bits per heavy atom. The molecular formula is C13H22N2O4. The first-order chi connectivity index (χ1) is 9.16. The fourth-order valence-corrected chi connectivity index (χ4v) is 2.75. The number of nitrogens with zero attached hydrogens (tertiary/aromatic N) is 1. The van der Waals surface area contributed by atoms with Crippen LogP contribution in [0.1, 0.15) is 25.7 Å². The molecule has 0 aromatic carbocycles. The first kappa shape index (κ1) is 14.3. The van der Waals surface area contributed by atoms with Gasteiger partial charge in [0.25, 0.3) is 0 Å². The molecule has 2 fully saturated rings. The molecule has 0 unspecified atom stereocenters. The van der Waals surface area contributed by atoms with Gasteiger partial charge in [-0.05, 0) is 32.2 Å². The largest absolute Gasteiger partial charge is 0.480 e. The predicted octanol–water partition coefficient (Wildman–Crippen LogP) is 0.0782. The maximum atomic E-state index is 12.3. The van der Waals surface area contributed by atoms with Crippen LogP contribution in [0.2, 0.25) is 0 Å². The van der Waals surface area contributed by atoms with Crippen LogP contribution in [0.3, 0.4) is 0 Å². The van der Waals surface area contributed by atoms with Gasteiger partial charge in [0, 0.05) is 19.6 Å². The molecule has 2 heterocycles. The summed E-state index contributed by atoms with van der Waals surface area (Å²) in [7, 11) is 0. The van der Waals surface area contributed by atoms with Gasteiger partial charge in [0.1, 0.15) is 6.61 Å². The van der Waals surface area contributed by atoms with Crippen LogP contribution in [0.5, 0.6) is 0 Å². The summed E-state index contributed by atoms with van der Waals surface area (Å²) in [6, 6.07) is 0. The van der Waals surface area contributed by atoms with Crippen molar-refractivity contribution in [2.75, 3.05) is 32.8 Å². The lowest BCUT2D eigenvalue weighted by atomic mass is 9.96. The summed E-state index contributed by atoms with van der Waals surface area (Å²) in [6.07, 6.45) is 3.48. The third-order valence-corrected chi connectivity index (χ3v) is 3.84. The number of piperidine rings is 2. The lowest BCUT2D eigenvalue weighted by Crippen LogP contribution is -2.47. The number of carboxylic acid groups (broad SMARTS) is 1. The quantitative estimate of drug-likeness (QED) is 0.756. The second-order valence-corrected chi connectivity index (χ2v) is 5.27. The van der Waals surface area contributed by atoms with Crippen LogP contribution in [0, 0.1) is 5.92 Å². The van der Waals surface area contributed by atoms with E-state index in [0.29, 0.717) is 13.1 Å². The molecule has 0 aromatic rings. The first-order valence-electron chi connectivity index (χ1n) is 6.99. The Bertz CT molecular complexity index is 321. The third-order valence-electron chi connectivity index (χ3n) is 3.84. The Morgan fingerprint density at radius 2 is 2.00 bits per heavy atom. The van der Waals surface area contributed by atoms with Crippen LogP contribution in [0.25, 0.3) is 0 Å².